The number of primary amides is 1. The van der Waals surface area contributed by atoms with E-state index in [-0.39, 0.29) is 24.3 Å². The highest BCUT2D eigenvalue weighted by atomic mass is 19.1. The van der Waals surface area contributed by atoms with Gasteiger partial charge in [-0.2, -0.15) is 0 Å². The minimum Gasteiger partial charge on any atom is -0.370 e. The van der Waals surface area contributed by atoms with Gasteiger partial charge in [-0.25, -0.2) is 8.78 Å². The van der Waals surface area contributed by atoms with E-state index >= 15 is 4.39 Å². The fraction of sp³-hybridized carbons (Fsp3) is 0.636. The van der Waals surface area contributed by atoms with Crippen molar-refractivity contribution in [2.24, 2.45) is 17.6 Å². The van der Waals surface area contributed by atoms with Crippen LogP contribution < -0.4 is 5.73 Å². The maximum atomic E-state index is 15.2. The number of nitrogens with zero attached hydrogens (tertiary/aromatic N) is 1. The van der Waals surface area contributed by atoms with Gasteiger partial charge in [0.2, 0.25) is 5.91 Å². The molecule has 0 spiro atoms. The molecule has 1 aliphatic carbocycles. The van der Waals surface area contributed by atoms with E-state index in [9.17, 15) is 14.0 Å². The van der Waals surface area contributed by atoms with Crippen LogP contribution in [0.5, 0.6) is 0 Å². The first-order chi connectivity index (χ1) is 13.4. The molecule has 28 heavy (non-hydrogen) atoms. The van der Waals surface area contributed by atoms with Crippen molar-refractivity contribution in [3.05, 3.63) is 35.6 Å². The predicted molar refractivity (Wildman–Crippen MR) is 104 cm³/mol. The smallest absolute Gasteiger partial charge is 0.217 e. The van der Waals surface area contributed by atoms with Crippen LogP contribution in [0.1, 0.15) is 61.7 Å². The molecule has 0 atom stereocenters. The number of carbonyl (C=O) groups is 2. The van der Waals surface area contributed by atoms with Crippen molar-refractivity contribution in [1.29, 1.82) is 0 Å². The number of piperidine rings is 1. The fourth-order valence-corrected chi connectivity index (χ4v) is 4.59. The molecule has 1 saturated heterocycles. The zero-order valence-electron chi connectivity index (χ0n) is 16.3. The average molecular weight is 392 g/mol. The summed E-state index contributed by atoms with van der Waals surface area (Å²) in [6.07, 6.45) is 6.33. The van der Waals surface area contributed by atoms with Gasteiger partial charge in [0, 0.05) is 37.9 Å². The zero-order chi connectivity index (χ0) is 20.1. The van der Waals surface area contributed by atoms with Gasteiger partial charge in [-0.1, -0.05) is 12.8 Å². The SMILES string of the molecule is NC(=O)CC1CCC(CCN2CCC(F)(C(=O)c3ccc(F)cc3)CC2)CC1. The van der Waals surface area contributed by atoms with Gasteiger partial charge in [0.05, 0.1) is 0 Å². The minimum absolute atomic E-state index is 0.189. The molecule has 2 aliphatic rings. The molecule has 1 amide bonds. The Bertz CT molecular complexity index is 676. The third-order valence-corrected chi connectivity index (χ3v) is 6.47. The number of amides is 1. The lowest BCUT2D eigenvalue weighted by atomic mass is 9.79. The molecule has 0 radical (unpaired) electrons. The Morgan fingerprint density at radius 2 is 1.61 bits per heavy atom. The second kappa shape index (κ2) is 9.12. The van der Waals surface area contributed by atoms with E-state index in [0.29, 0.717) is 31.3 Å². The Labute approximate surface area is 165 Å². The number of Topliss-reactive ketones (excluding diaryl/α,β-unsaturated/α-hetero) is 1. The molecule has 3 rings (SSSR count). The predicted octanol–water partition coefficient (Wildman–Crippen LogP) is 3.88. The van der Waals surface area contributed by atoms with Gasteiger partial charge in [0.25, 0.3) is 0 Å². The summed E-state index contributed by atoms with van der Waals surface area (Å²) >= 11 is 0. The maximum Gasteiger partial charge on any atom is 0.217 e. The molecular weight excluding hydrogens is 362 g/mol. The number of rotatable bonds is 7. The first-order valence-electron chi connectivity index (χ1n) is 10.4. The standard InChI is InChI=1S/C22H30F2N2O2/c23-19-7-5-18(6-8-19)21(28)22(24)10-13-26(14-11-22)12-9-16-1-3-17(4-2-16)15-20(25)27/h5-8,16-17H,1-4,9-15H2,(H2,25,27). The van der Waals surface area contributed by atoms with Gasteiger partial charge in [-0.15, -0.1) is 0 Å². The fourth-order valence-electron chi connectivity index (χ4n) is 4.59. The van der Waals surface area contributed by atoms with E-state index in [1.165, 1.54) is 24.3 Å². The lowest BCUT2D eigenvalue weighted by molar-refractivity contribution is -0.119. The molecule has 1 aromatic rings. The molecule has 1 saturated carbocycles. The van der Waals surface area contributed by atoms with Crippen molar-refractivity contribution < 1.29 is 18.4 Å². The Hall–Kier alpha value is -1.82. The number of alkyl halides is 1. The second-order valence-corrected chi connectivity index (χ2v) is 8.49. The van der Waals surface area contributed by atoms with Gasteiger partial charge in [0.1, 0.15) is 5.82 Å². The van der Waals surface area contributed by atoms with Crippen molar-refractivity contribution in [3.63, 3.8) is 0 Å². The lowest BCUT2D eigenvalue weighted by Crippen LogP contribution is -2.47. The van der Waals surface area contributed by atoms with E-state index in [0.717, 1.165) is 38.6 Å². The summed E-state index contributed by atoms with van der Waals surface area (Å²) < 4.78 is 28.2. The molecule has 1 aliphatic heterocycles. The molecule has 1 aromatic carbocycles. The Morgan fingerprint density at radius 1 is 1.04 bits per heavy atom. The van der Waals surface area contributed by atoms with Gasteiger partial charge in [-0.3, -0.25) is 9.59 Å². The molecule has 0 unspecified atom stereocenters. The van der Waals surface area contributed by atoms with E-state index in [1.54, 1.807) is 0 Å². The topological polar surface area (TPSA) is 63.4 Å². The number of halogens is 2. The number of hydrogen-bond acceptors (Lipinski definition) is 3. The Balaban J connectivity index is 1.41. The normalized spacial score (nSPS) is 25.4. The van der Waals surface area contributed by atoms with Crippen molar-refractivity contribution in [1.82, 2.24) is 4.90 Å². The maximum absolute atomic E-state index is 15.2. The summed E-state index contributed by atoms with van der Waals surface area (Å²) in [6, 6.07) is 5.12. The van der Waals surface area contributed by atoms with E-state index in [4.69, 9.17) is 5.73 Å². The number of benzene rings is 1. The molecule has 1 heterocycles. The first-order valence-corrected chi connectivity index (χ1v) is 10.4. The van der Waals surface area contributed by atoms with Gasteiger partial charge in [-0.05, 0) is 61.9 Å². The number of ketones is 1. The number of hydrogen-bond donors (Lipinski definition) is 1. The lowest BCUT2D eigenvalue weighted by Gasteiger charge is -2.36. The molecular formula is C22H30F2N2O2. The molecule has 0 bridgehead atoms. The monoisotopic (exact) mass is 392 g/mol. The highest BCUT2D eigenvalue weighted by molar-refractivity contribution is 6.02. The van der Waals surface area contributed by atoms with Gasteiger partial charge >= 0.3 is 0 Å². The van der Waals surface area contributed by atoms with Crippen LogP contribution in [0.2, 0.25) is 0 Å². The first kappa shape index (κ1) is 20.9. The van der Waals surface area contributed by atoms with Gasteiger partial charge < -0.3 is 10.6 Å². The van der Waals surface area contributed by atoms with Crippen LogP contribution in [0.3, 0.4) is 0 Å². The summed E-state index contributed by atoms with van der Waals surface area (Å²) in [5.74, 6) is -0.0695. The van der Waals surface area contributed by atoms with Crippen LogP contribution in [0.15, 0.2) is 24.3 Å². The van der Waals surface area contributed by atoms with Crippen molar-refractivity contribution in [2.75, 3.05) is 19.6 Å². The number of nitrogens with two attached hydrogens (primary N) is 1. The minimum atomic E-state index is -1.85. The van der Waals surface area contributed by atoms with Crippen LogP contribution in [-0.2, 0) is 4.79 Å². The Morgan fingerprint density at radius 3 is 2.18 bits per heavy atom. The Kier molecular flexibility index (Phi) is 6.81. The average Bonchev–Trinajstić information content (AvgIpc) is 2.68. The summed E-state index contributed by atoms with van der Waals surface area (Å²) in [5, 5.41) is 0. The third-order valence-electron chi connectivity index (χ3n) is 6.47. The molecule has 0 aromatic heterocycles. The van der Waals surface area contributed by atoms with Crippen molar-refractivity contribution in [2.45, 2.75) is 57.0 Å². The molecule has 2 N–H and O–H groups in total. The van der Waals surface area contributed by atoms with E-state index in [2.05, 4.69) is 4.90 Å². The zero-order valence-corrected chi connectivity index (χ0v) is 16.3. The quantitative estimate of drug-likeness (QED) is 0.716. The van der Waals surface area contributed by atoms with Crippen LogP contribution in [0.25, 0.3) is 0 Å². The summed E-state index contributed by atoms with van der Waals surface area (Å²) in [4.78, 5) is 25.8. The van der Waals surface area contributed by atoms with E-state index in [1.807, 2.05) is 0 Å². The van der Waals surface area contributed by atoms with Crippen molar-refractivity contribution in [3.8, 4) is 0 Å². The number of likely N-dealkylation sites (tertiary alicyclic amines) is 1. The number of carbonyl (C=O) groups excluding carboxylic acids is 2. The second-order valence-electron chi connectivity index (χ2n) is 8.49. The molecule has 4 nitrogen and oxygen atoms in total. The largest absolute Gasteiger partial charge is 0.370 e. The highest BCUT2D eigenvalue weighted by Crippen LogP contribution is 2.34. The molecule has 6 heteroatoms. The third kappa shape index (κ3) is 5.37. The van der Waals surface area contributed by atoms with Crippen LogP contribution >= 0.6 is 0 Å². The van der Waals surface area contributed by atoms with E-state index < -0.39 is 17.3 Å². The van der Waals surface area contributed by atoms with Crippen LogP contribution in [-0.4, -0.2) is 41.9 Å². The van der Waals surface area contributed by atoms with Crippen molar-refractivity contribution >= 4 is 11.7 Å². The van der Waals surface area contributed by atoms with Gasteiger partial charge in [0.15, 0.2) is 11.5 Å². The summed E-state index contributed by atoms with van der Waals surface area (Å²) in [5.41, 5.74) is 3.68. The van der Waals surface area contributed by atoms with Crippen LogP contribution in [0, 0.1) is 17.7 Å². The summed E-state index contributed by atoms with van der Waals surface area (Å²) in [7, 11) is 0. The van der Waals surface area contributed by atoms with Crippen LogP contribution in [0.4, 0.5) is 8.78 Å². The molecule has 154 valence electrons. The highest BCUT2D eigenvalue weighted by Gasteiger charge is 2.41. The molecule has 2 fully saturated rings. The summed E-state index contributed by atoms with van der Waals surface area (Å²) in [6.45, 7) is 2.06.